The number of aliphatic carboxylic acids is 1. The molecule has 1 aliphatic heterocycles. The number of likely N-dealkylation sites (tertiary alicyclic amines) is 1. The smallest absolute Gasteiger partial charge is 0.303 e. The van der Waals surface area contributed by atoms with Crippen LogP contribution in [0.25, 0.3) is 0 Å². The van der Waals surface area contributed by atoms with Gasteiger partial charge in [0.05, 0.1) is 0 Å². The first-order valence-corrected chi connectivity index (χ1v) is 6.70. The van der Waals surface area contributed by atoms with Gasteiger partial charge in [0.15, 0.2) is 0 Å². The van der Waals surface area contributed by atoms with Gasteiger partial charge in [-0.3, -0.25) is 9.59 Å². The third-order valence-corrected chi connectivity index (χ3v) is 3.29. The van der Waals surface area contributed by atoms with Crippen LogP contribution in [0.2, 0.25) is 0 Å². The number of carboxylic acid groups (broad SMARTS) is 1. The van der Waals surface area contributed by atoms with Crippen molar-refractivity contribution in [2.24, 2.45) is 5.92 Å². The van der Waals surface area contributed by atoms with Crippen molar-refractivity contribution in [3.8, 4) is 0 Å². The predicted molar refractivity (Wildman–Crippen MR) is 67.3 cm³/mol. The molecule has 0 aromatic carbocycles. The number of amides is 1. The number of nitrogens with zero attached hydrogens (tertiary/aromatic N) is 1. The zero-order valence-electron chi connectivity index (χ0n) is 11.1. The zero-order chi connectivity index (χ0) is 13.4. The molecule has 0 aromatic rings. The van der Waals surface area contributed by atoms with E-state index in [1.807, 2.05) is 11.8 Å². The number of hydrogen-bond donors (Lipinski definition) is 1. The summed E-state index contributed by atoms with van der Waals surface area (Å²) in [5.41, 5.74) is 0. The van der Waals surface area contributed by atoms with Gasteiger partial charge in [0.2, 0.25) is 5.91 Å². The first-order chi connectivity index (χ1) is 8.63. The van der Waals surface area contributed by atoms with E-state index in [1.165, 1.54) is 0 Å². The molecule has 1 unspecified atom stereocenters. The highest BCUT2D eigenvalue weighted by molar-refractivity contribution is 5.76. The number of carbonyl (C=O) groups excluding carboxylic acids is 1. The average molecular weight is 257 g/mol. The van der Waals surface area contributed by atoms with Crippen LogP contribution in [-0.4, -0.2) is 48.2 Å². The summed E-state index contributed by atoms with van der Waals surface area (Å²) in [5.74, 6) is -0.221. The average Bonchev–Trinajstić information content (AvgIpc) is 2.80. The molecular formula is C13H23NO4. The lowest BCUT2D eigenvalue weighted by Gasteiger charge is -2.16. The molecule has 1 fully saturated rings. The van der Waals surface area contributed by atoms with Gasteiger partial charge < -0.3 is 14.7 Å². The molecule has 0 aromatic heterocycles. The van der Waals surface area contributed by atoms with Gasteiger partial charge in [-0.2, -0.15) is 0 Å². The van der Waals surface area contributed by atoms with E-state index in [-0.39, 0.29) is 12.3 Å². The van der Waals surface area contributed by atoms with Gasteiger partial charge in [0.1, 0.15) is 0 Å². The second-order valence-corrected chi connectivity index (χ2v) is 4.73. The molecule has 1 rings (SSSR count). The fraction of sp³-hybridized carbons (Fsp3) is 0.846. The minimum Gasteiger partial charge on any atom is -0.481 e. The Morgan fingerprint density at radius 3 is 2.83 bits per heavy atom. The molecule has 0 aliphatic carbocycles. The summed E-state index contributed by atoms with van der Waals surface area (Å²) in [4.78, 5) is 24.2. The third kappa shape index (κ3) is 5.49. The van der Waals surface area contributed by atoms with Crippen molar-refractivity contribution in [2.75, 3.05) is 26.3 Å². The van der Waals surface area contributed by atoms with Crippen LogP contribution < -0.4 is 0 Å². The molecule has 1 atom stereocenters. The molecule has 0 saturated carbocycles. The largest absolute Gasteiger partial charge is 0.481 e. The number of hydrogen-bond acceptors (Lipinski definition) is 3. The molecule has 1 heterocycles. The minimum atomic E-state index is -0.753. The fourth-order valence-corrected chi connectivity index (χ4v) is 2.25. The van der Waals surface area contributed by atoms with E-state index in [4.69, 9.17) is 9.84 Å². The summed E-state index contributed by atoms with van der Waals surface area (Å²) in [7, 11) is 0. The van der Waals surface area contributed by atoms with Crippen molar-refractivity contribution < 1.29 is 19.4 Å². The van der Waals surface area contributed by atoms with E-state index in [0.29, 0.717) is 32.0 Å². The molecule has 104 valence electrons. The SMILES string of the molecule is CCOCCCC(=O)N1CCC(CCC(=O)O)C1. The van der Waals surface area contributed by atoms with Crippen LogP contribution >= 0.6 is 0 Å². The molecule has 0 radical (unpaired) electrons. The van der Waals surface area contributed by atoms with Crippen molar-refractivity contribution in [3.63, 3.8) is 0 Å². The van der Waals surface area contributed by atoms with Crippen LogP contribution in [0.3, 0.4) is 0 Å². The molecule has 5 heteroatoms. The Morgan fingerprint density at radius 2 is 2.17 bits per heavy atom. The highest BCUT2D eigenvalue weighted by Crippen LogP contribution is 2.21. The quantitative estimate of drug-likeness (QED) is 0.669. The van der Waals surface area contributed by atoms with Gasteiger partial charge in [0, 0.05) is 39.1 Å². The molecule has 1 N–H and O–H groups in total. The van der Waals surface area contributed by atoms with Crippen molar-refractivity contribution in [1.82, 2.24) is 4.90 Å². The summed E-state index contributed by atoms with van der Waals surface area (Å²) in [6.07, 6.45) is 3.12. The van der Waals surface area contributed by atoms with E-state index in [2.05, 4.69) is 0 Å². The first-order valence-electron chi connectivity index (χ1n) is 6.70. The van der Waals surface area contributed by atoms with Gasteiger partial charge in [0.25, 0.3) is 0 Å². The highest BCUT2D eigenvalue weighted by atomic mass is 16.5. The van der Waals surface area contributed by atoms with Crippen LogP contribution in [-0.2, 0) is 14.3 Å². The summed E-state index contributed by atoms with van der Waals surface area (Å²) in [5, 5.41) is 8.62. The normalized spacial score (nSPS) is 19.2. The zero-order valence-corrected chi connectivity index (χ0v) is 11.1. The Labute approximate surface area is 108 Å². The van der Waals surface area contributed by atoms with Gasteiger partial charge in [-0.25, -0.2) is 0 Å². The molecule has 5 nitrogen and oxygen atoms in total. The Balaban J connectivity index is 2.16. The van der Waals surface area contributed by atoms with Crippen molar-refractivity contribution in [2.45, 2.75) is 39.0 Å². The predicted octanol–water partition coefficient (Wildman–Crippen LogP) is 1.52. The Bertz CT molecular complexity index is 280. The first kappa shape index (κ1) is 15.0. The maximum atomic E-state index is 11.8. The lowest BCUT2D eigenvalue weighted by molar-refractivity contribution is -0.137. The lowest BCUT2D eigenvalue weighted by atomic mass is 10.0. The molecule has 0 spiro atoms. The second-order valence-electron chi connectivity index (χ2n) is 4.73. The van der Waals surface area contributed by atoms with Gasteiger partial charge >= 0.3 is 5.97 Å². The fourth-order valence-electron chi connectivity index (χ4n) is 2.25. The molecular weight excluding hydrogens is 234 g/mol. The third-order valence-electron chi connectivity index (χ3n) is 3.29. The summed E-state index contributed by atoms with van der Waals surface area (Å²) >= 11 is 0. The standard InChI is InChI=1S/C13H23NO4/c1-2-18-9-3-4-12(15)14-8-7-11(10-14)5-6-13(16)17/h11H,2-10H2,1H3,(H,16,17). The number of carbonyl (C=O) groups is 2. The minimum absolute atomic E-state index is 0.174. The summed E-state index contributed by atoms with van der Waals surface area (Å²) < 4.78 is 5.20. The molecule has 1 amide bonds. The van der Waals surface area contributed by atoms with E-state index in [0.717, 1.165) is 25.9 Å². The van der Waals surface area contributed by atoms with Gasteiger partial charge in [-0.15, -0.1) is 0 Å². The van der Waals surface area contributed by atoms with E-state index in [1.54, 1.807) is 0 Å². The Morgan fingerprint density at radius 1 is 1.39 bits per heavy atom. The molecule has 18 heavy (non-hydrogen) atoms. The summed E-state index contributed by atoms with van der Waals surface area (Å²) in [6.45, 7) is 4.77. The monoisotopic (exact) mass is 257 g/mol. The topological polar surface area (TPSA) is 66.8 Å². The number of rotatable bonds is 8. The molecule has 1 aliphatic rings. The van der Waals surface area contributed by atoms with Crippen molar-refractivity contribution in [1.29, 1.82) is 0 Å². The van der Waals surface area contributed by atoms with E-state index < -0.39 is 5.97 Å². The highest BCUT2D eigenvalue weighted by Gasteiger charge is 2.25. The maximum Gasteiger partial charge on any atom is 0.303 e. The second kappa shape index (κ2) is 8.08. The van der Waals surface area contributed by atoms with Crippen LogP contribution in [0.4, 0.5) is 0 Å². The molecule has 1 saturated heterocycles. The van der Waals surface area contributed by atoms with Crippen LogP contribution in [0.15, 0.2) is 0 Å². The van der Waals surface area contributed by atoms with Crippen molar-refractivity contribution in [3.05, 3.63) is 0 Å². The number of carboxylic acids is 1. The number of ether oxygens (including phenoxy) is 1. The van der Waals surface area contributed by atoms with Gasteiger partial charge in [-0.1, -0.05) is 0 Å². The van der Waals surface area contributed by atoms with E-state index in [9.17, 15) is 9.59 Å². The van der Waals surface area contributed by atoms with Gasteiger partial charge in [-0.05, 0) is 32.1 Å². The van der Waals surface area contributed by atoms with Crippen molar-refractivity contribution >= 4 is 11.9 Å². The maximum absolute atomic E-state index is 11.8. The lowest BCUT2D eigenvalue weighted by Crippen LogP contribution is -2.28. The molecule has 0 bridgehead atoms. The van der Waals surface area contributed by atoms with E-state index >= 15 is 0 Å². The Hall–Kier alpha value is -1.10. The van der Waals surface area contributed by atoms with Crippen LogP contribution in [0, 0.1) is 5.92 Å². The summed E-state index contributed by atoms with van der Waals surface area (Å²) in [6, 6.07) is 0. The van der Waals surface area contributed by atoms with Crippen LogP contribution in [0.1, 0.15) is 39.0 Å². The van der Waals surface area contributed by atoms with Crippen LogP contribution in [0.5, 0.6) is 0 Å². The Kier molecular flexibility index (Phi) is 6.72.